The summed E-state index contributed by atoms with van der Waals surface area (Å²) >= 11 is 0. The van der Waals surface area contributed by atoms with Gasteiger partial charge in [-0.05, 0) is 31.4 Å². The predicted molar refractivity (Wildman–Crippen MR) is 60.2 cm³/mol. The highest BCUT2D eigenvalue weighted by Crippen LogP contribution is 2.33. The Morgan fingerprint density at radius 2 is 2.44 bits per heavy atom. The van der Waals surface area contributed by atoms with Crippen LogP contribution in [0.25, 0.3) is 0 Å². The molecule has 1 aromatic carbocycles. The Balaban J connectivity index is 2.17. The molecule has 0 amide bonds. The van der Waals surface area contributed by atoms with Crippen molar-refractivity contribution in [2.75, 3.05) is 12.3 Å². The fourth-order valence-electron chi connectivity index (χ4n) is 1.83. The Bertz CT molecular complexity index is 403. The van der Waals surface area contributed by atoms with Crippen molar-refractivity contribution in [3.8, 4) is 5.75 Å². The summed E-state index contributed by atoms with van der Waals surface area (Å²) in [6.45, 7) is 2.15. The normalized spacial score (nSPS) is 18.4. The van der Waals surface area contributed by atoms with Gasteiger partial charge in [0, 0.05) is 0 Å². The summed E-state index contributed by atoms with van der Waals surface area (Å²) in [6, 6.07) is 5.63. The molecule has 0 radical (unpaired) electrons. The molecule has 86 valence electrons. The van der Waals surface area contributed by atoms with Crippen molar-refractivity contribution in [1.82, 2.24) is 0 Å². The summed E-state index contributed by atoms with van der Waals surface area (Å²) in [5, 5.41) is 0. The maximum atomic E-state index is 11.5. The molecule has 4 nitrogen and oxygen atoms in total. The minimum atomic E-state index is -0.517. The highest BCUT2D eigenvalue weighted by atomic mass is 16.6. The van der Waals surface area contributed by atoms with Gasteiger partial charge in [0.1, 0.15) is 5.75 Å². The van der Waals surface area contributed by atoms with Gasteiger partial charge in [0.05, 0.1) is 12.3 Å². The third-order valence-corrected chi connectivity index (χ3v) is 2.61. The Hall–Kier alpha value is -1.71. The maximum Gasteiger partial charge on any atom is 0.347 e. The summed E-state index contributed by atoms with van der Waals surface area (Å²) < 4.78 is 10.5. The number of anilines is 1. The van der Waals surface area contributed by atoms with Crippen LogP contribution in [0.4, 0.5) is 5.69 Å². The monoisotopic (exact) mass is 221 g/mol. The lowest BCUT2D eigenvalue weighted by Crippen LogP contribution is -2.33. The van der Waals surface area contributed by atoms with Crippen molar-refractivity contribution in [2.45, 2.75) is 25.9 Å². The number of nitrogens with two attached hydrogens (primary N) is 1. The van der Waals surface area contributed by atoms with E-state index in [2.05, 4.69) is 0 Å². The number of para-hydroxylation sites is 1. The maximum absolute atomic E-state index is 11.5. The molecular formula is C12H15NO3. The number of aryl methyl sites for hydroxylation is 1. The smallest absolute Gasteiger partial charge is 0.347 e. The summed E-state index contributed by atoms with van der Waals surface area (Å²) in [5.41, 5.74) is 7.43. The van der Waals surface area contributed by atoms with E-state index in [1.54, 1.807) is 13.0 Å². The molecule has 16 heavy (non-hydrogen) atoms. The van der Waals surface area contributed by atoms with Crippen LogP contribution in [0.2, 0.25) is 0 Å². The summed E-state index contributed by atoms with van der Waals surface area (Å²) in [4.78, 5) is 11.5. The van der Waals surface area contributed by atoms with Crippen LogP contribution in [0.15, 0.2) is 18.2 Å². The largest absolute Gasteiger partial charge is 0.476 e. The quantitative estimate of drug-likeness (QED) is 0.607. The number of hydrogen-bond donors (Lipinski definition) is 1. The van der Waals surface area contributed by atoms with Gasteiger partial charge in [0.25, 0.3) is 0 Å². The van der Waals surface area contributed by atoms with Crippen molar-refractivity contribution in [3.05, 3.63) is 23.8 Å². The van der Waals surface area contributed by atoms with E-state index in [9.17, 15) is 4.79 Å². The van der Waals surface area contributed by atoms with Gasteiger partial charge in [-0.2, -0.15) is 0 Å². The van der Waals surface area contributed by atoms with Crippen LogP contribution in [0.1, 0.15) is 18.9 Å². The second kappa shape index (κ2) is 4.43. The highest BCUT2D eigenvalue weighted by molar-refractivity contribution is 5.76. The van der Waals surface area contributed by atoms with Gasteiger partial charge in [0.2, 0.25) is 0 Å². The number of carbonyl (C=O) groups is 1. The number of benzene rings is 1. The molecule has 0 bridgehead atoms. The first-order valence-electron chi connectivity index (χ1n) is 5.43. The Morgan fingerprint density at radius 1 is 1.62 bits per heavy atom. The number of fused-ring (bicyclic) bond motifs is 1. The molecule has 0 fully saturated rings. The topological polar surface area (TPSA) is 61.5 Å². The van der Waals surface area contributed by atoms with E-state index in [-0.39, 0.29) is 5.97 Å². The van der Waals surface area contributed by atoms with Crippen LogP contribution >= 0.6 is 0 Å². The first kappa shape index (κ1) is 10.8. The average molecular weight is 221 g/mol. The number of rotatable bonds is 2. The minimum absolute atomic E-state index is 0.309. The zero-order chi connectivity index (χ0) is 11.5. The summed E-state index contributed by atoms with van der Waals surface area (Å²) in [5.74, 6) is 0.322. The third kappa shape index (κ3) is 1.96. The van der Waals surface area contributed by atoms with E-state index in [0.29, 0.717) is 24.5 Å². The molecule has 0 spiro atoms. The van der Waals surface area contributed by atoms with Crippen molar-refractivity contribution >= 4 is 11.7 Å². The van der Waals surface area contributed by atoms with E-state index < -0.39 is 6.10 Å². The summed E-state index contributed by atoms with van der Waals surface area (Å²) in [6.07, 6.45) is 0.927. The first-order valence-corrected chi connectivity index (χ1v) is 5.43. The highest BCUT2D eigenvalue weighted by Gasteiger charge is 2.28. The van der Waals surface area contributed by atoms with Crippen LogP contribution in [-0.4, -0.2) is 18.7 Å². The number of ether oxygens (including phenoxy) is 2. The fraction of sp³-hybridized carbons (Fsp3) is 0.417. The standard InChI is InChI=1S/C12H15NO3/c1-2-15-12(14)10-7-6-8-4-3-5-9(13)11(8)16-10/h3-5,10H,2,6-7,13H2,1H3/t10-/m1/s1. The van der Waals surface area contributed by atoms with Gasteiger partial charge in [-0.25, -0.2) is 4.79 Å². The second-order valence-electron chi connectivity index (χ2n) is 3.73. The van der Waals surface area contributed by atoms with Gasteiger partial charge in [0.15, 0.2) is 6.10 Å². The molecule has 0 aromatic heterocycles. The van der Waals surface area contributed by atoms with Crippen molar-refractivity contribution < 1.29 is 14.3 Å². The van der Waals surface area contributed by atoms with Crippen LogP contribution in [0, 0.1) is 0 Å². The molecule has 2 N–H and O–H groups in total. The van der Waals surface area contributed by atoms with Gasteiger partial charge in [-0.1, -0.05) is 12.1 Å². The van der Waals surface area contributed by atoms with Gasteiger partial charge >= 0.3 is 5.97 Å². The van der Waals surface area contributed by atoms with E-state index in [1.807, 2.05) is 12.1 Å². The van der Waals surface area contributed by atoms with E-state index >= 15 is 0 Å². The zero-order valence-electron chi connectivity index (χ0n) is 9.23. The number of carbonyl (C=O) groups excluding carboxylic acids is 1. The van der Waals surface area contributed by atoms with Crippen molar-refractivity contribution in [3.63, 3.8) is 0 Å². The van der Waals surface area contributed by atoms with Gasteiger partial charge < -0.3 is 15.2 Å². The van der Waals surface area contributed by atoms with E-state index in [4.69, 9.17) is 15.2 Å². The fourth-order valence-corrected chi connectivity index (χ4v) is 1.83. The molecule has 1 heterocycles. The Morgan fingerprint density at radius 3 is 3.19 bits per heavy atom. The molecule has 4 heteroatoms. The van der Waals surface area contributed by atoms with Crippen molar-refractivity contribution in [2.24, 2.45) is 0 Å². The molecule has 1 aliphatic heterocycles. The SMILES string of the molecule is CCOC(=O)[C@H]1CCc2cccc(N)c2O1. The van der Waals surface area contributed by atoms with Gasteiger partial charge in [-0.15, -0.1) is 0 Å². The summed E-state index contributed by atoms with van der Waals surface area (Å²) in [7, 11) is 0. The molecule has 1 aromatic rings. The lowest BCUT2D eigenvalue weighted by Gasteiger charge is -2.25. The molecule has 2 rings (SSSR count). The lowest BCUT2D eigenvalue weighted by molar-refractivity contribution is -0.152. The molecule has 0 unspecified atom stereocenters. The van der Waals surface area contributed by atoms with Gasteiger partial charge in [-0.3, -0.25) is 0 Å². The minimum Gasteiger partial charge on any atom is -0.476 e. The Labute approximate surface area is 94.3 Å². The zero-order valence-corrected chi connectivity index (χ0v) is 9.23. The molecule has 1 atom stereocenters. The van der Waals surface area contributed by atoms with Crippen LogP contribution in [0.3, 0.4) is 0 Å². The molecule has 0 saturated heterocycles. The third-order valence-electron chi connectivity index (χ3n) is 2.61. The van der Waals surface area contributed by atoms with E-state index in [0.717, 1.165) is 12.0 Å². The Kier molecular flexibility index (Phi) is 2.99. The molecule has 0 aliphatic carbocycles. The van der Waals surface area contributed by atoms with Crippen LogP contribution in [0.5, 0.6) is 5.75 Å². The predicted octanol–water partition coefficient (Wildman–Crippen LogP) is 1.53. The first-order chi connectivity index (χ1) is 7.72. The van der Waals surface area contributed by atoms with Crippen molar-refractivity contribution in [1.29, 1.82) is 0 Å². The number of nitrogen functional groups attached to an aromatic ring is 1. The molecule has 1 aliphatic rings. The number of hydrogen-bond acceptors (Lipinski definition) is 4. The van der Waals surface area contributed by atoms with Crippen LogP contribution < -0.4 is 10.5 Å². The molecular weight excluding hydrogens is 206 g/mol. The van der Waals surface area contributed by atoms with E-state index in [1.165, 1.54) is 0 Å². The molecule has 0 saturated carbocycles. The number of esters is 1. The lowest BCUT2D eigenvalue weighted by atomic mass is 10.0. The van der Waals surface area contributed by atoms with Crippen LogP contribution in [-0.2, 0) is 16.0 Å². The average Bonchev–Trinajstić information content (AvgIpc) is 2.29. The second-order valence-corrected chi connectivity index (χ2v) is 3.73.